The number of carbonyl (C=O) groups is 4. The molecule has 0 aromatic heterocycles. The third-order valence-corrected chi connectivity index (χ3v) is 1.79. The van der Waals surface area contributed by atoms with Crippen molar-refractivity contribution >= 4 is 24.4 Å². The maximum Gasteiger partial charge on any atom is 0.216 e. The molecule has 0 atom stereocenters. The van der Waals surface area contributed by atoms with Crippen molar-refractivity contribution in [3.05, 3.63) is 0 Å². The number of hydrogen-bond acceptors (Lipinski definition) is 4. The SMILES string of the molecule is O=CN(C=O)CC1C(=O)CC1=O. The van der Waals surface area contributed by atoms with E-state index in [-0.39, 0.29) is 24.5 Å². The number of rotatable bonds is 4. The molecule has 1 rings (SSSR count). The van der Waals surface area contributed by atoms with Crippen LogP contribution in [0.5, 0.6) is 0 Å². The summed E-state index contributed by atoms with van der Waals surface area (Å²) in [4.78, 5) is 42.4. The van der Waals surface area contributed by atoms with Gasteiger partial charge in [-0.2, -0.15) is 0 Å². The van der Waals surface area contributed by atoms with E-state index in [9.17, 15) is 19.2 Å². The van der Waals surface area contributed by atoms with Gasteiger partial charge >= 0.3 is 0 Å². The Kier molecular flexibility index (Phi) is 2.32. The molecular weight excluding hydrogens is 162 g/mol. The molecule has 0 N–H and O–H groups in total. The molecule has 1 fully saturated rings. The predicted octanol–water partition coefficient (Wildman–Crippen LogP) is -1.24. The fourth-order valence-corrected chi connectivity index (χ4v) is 0.992. The van der Waals surface area contributed by atoms with E-state index in [1.54, 1.807) is 0 Å². The highest BCUT2D eigenvalue weighted by atomic mass is 16.2. The van der Waals surface area contributed by atoms with Crippen molar-refractivity contribution in [3.8, 4) is 0 Å². The Hall–Kier alpha value is -1.52. The number of amides is 2. The summed E-state index contributed by atoms with van der Waals surface area (Å²) < 4.78 is 0. The molecule has 5 nitrogen and oxygen atoms in total. The highest BCUT2D eigenvalue weighted by molar-refractivity contribution is 6.21. The van der Waals surface area contributed by atoms with Gasteiger partial charge in [0.2, 0.25) is 12.8 Å². The number of nitrogens with zero attached hydrogens (tertiary/aromatic N) is 1. The van der Waals surface area contributed by atoms with Crippen LogP contribution in [0.3, 0.4) is 0 Å². The third-order valence-electron chi connectivity index (χ3n) is 1.79. The van der Waals surface area contributed by atoms with Crippen LogP contribution < -0.4 is 0 Å². The van der Waals surface area contributed by atoms with Crippen LogP contribution in [0.15, 0.2) is 0 Å². The third kappa shape index (κ3) is 1.39. The van der Waals surface area contributed by atoms with Crippen molar-refractivity contribution < 1.29 is 19.2 Å². The molecule has 0 bridgehead atoms. The van der Waals surface area contributed by atoms with Gasteiger partial charge in [-0.25, -0.2) is 0 Å². The number of hydrogen-bond donors (Lipinski definition) is 0. The van der Waals surface area contributed by atoms with Crippen LogP contribution in [-0.4, -0.2) is 35.8 Å². The van der Waals surface area contributed by atoms with Crippen LogP contribution >= 0.6 is 0 Å². The van der Waals surface area contributed by atoms with Crippen molar-refractivity contribution in [2.24, 2.45) is 5.92 Å². The summed E-state index contributed by atoms with van der Waals surface area (Å²) in [6.45, 7) is -0.106. The molecule has 0 radical (unpaired) electrons. The maximum atomic E-state index is 10.7. The van der Waals surface area contributed by atoms with E-state index in [0.29, 0.717) is 12.8 Å². The van der Waals surface area contributed by atoms with Crippen LogP contribution in [0, 0.1) is 5.92 Å². The molecule has 1 aliphatic carbocycles. The average molecular weight is 169 g/mol. The molecule has 0 saturated heterocycles. The highest BCUT2D eigenvalue weighted by Gasteiger charge is 2.38. The van der Waals surface area contributed by atoms with Gasteiger partial charge in [0.1, 0.15) is 0 Å². The van der Waals surface area contributed by atoms with E-state index in [2.05, 4.69) is 0 Å². The second-order valence-corrected chi connectivity index (χ2v) is 2.57. The maximum absolute atomic E-state index is 10.7. The first-order valence-electron chi connectivity index (χ1n) is 3.40. The van der Waals surface area contributed by atoms with Crippen LogP contribution in [0.2, 0.25) is 0 Å². The Morgan fingerprint density at radius 1 is 1.25 bits per heavy atom. The zero-order chi connectivity index (χ0) is 9.14. The second kappa shape index (κ2) is 3.25. The highest BCUT2D eigenvalue weighted by Crippen LogP contribution is 2.18. The van der Waals surface area contributed by atoms with Gasteiger partial charge in [0.05, 0.1) is 12.3 Å². The second-order valence-electron chi connectivity index (χ2n) is 2.57. The molecule has 5 heteroatoms. The minimum Gasteiger partial charge on any atom is -0.298 e. The molecular formula is C7H7NO4. The van der Waals surface area contributed by atoms with Crippen molar-refractivity contribution in [1.82, 2.24) is 4.90 Å². The van der Waals surface area contributed by atoms with Crippen LogP contribution in [0.4, 0.5) is 0 Å². The lowest BCUT2D eigenvalue weighted by Gasteiger charge is -2.24. The van der Waals surface area contributed by atoms with Crippen LogP contribution in [0.25, 0.3) is 0 Å². The Morgan fingerprint density at radius 3 is 2.08 bits per heavy atom. The fourth-order valence-electron chi connectivity index (χ4n) is 0.992. The van der Waals surface area contributed by atoms with E-state index in [4.69, 9.17) is 0 Å². The first-order chi connectivity index (χ1) is 5.69. The number of carbonyl (C=O) groups excluding carboxylic acids is 4. The van der Waals surface area contributed by atoms with Crippen LogP contribution in [0.1, 0.15) is 6.42 Å². The number of imide groups is 1. The van der Waals surface area contributed by atoms with Gasteiger partial charge in [0.25, 0.3) is 0 Å². The van der Waals surface area contributed by atoms with Gasteiger partial charge in [-0.05, 0) is 0 Å². The standard InChI is InChI=1S/C7H7NO4/c9-3-8(4-10)2-5-6(11)1-7(5)12/h3-5H,1-2H2. The first kappa shape index (κ1) is 8.58. The van der Waals surface area contributed by atoms with E-state index < -0.39 is 5.92 Å². The van der Waals surface area contributed by atoms with E-state index in [1.165, 1.54) is 0 Å². The van der Waals surface area contributed by atoms with Gasteiger partial charge in [-0.1, -0.05) is 0 Å². The molecule has 1 saturated carbocycles. The topological polar surface area (TPSA) is 71.5 Å². The van der Waals surface area contributed by atoms with Crippen molar-refractivity contribution in [3.63, 3.8) is 0 Å². The summed E-state index contributed by atoms with van der Waals surface area (Å²) in [5.41, 5.74) is 0. The molecule has 2 amide bonds. The summed E-state index contributed by atoms with van der Waals surface area (Å²) in [6, 6.07) is 0. The van der Waals surface area contributed by atoms with Crippen LogP contribution in [-0.2, 0) is 19.2 Å². The van der Waals surface area contributed by atoms with Gasteiger partial charge in [-0.15, -0.1) is 0 Å². The van der Waals surface area contributed by atoms with E-state index >= 15 is 0 Å². The quantitative estimate of drug-likeness (QED) is 0.389. The number of Topliss-reactive ketones (excluding diaryl/α,β-unsaturated/α-hetero) is 2. The Morgan fingerprint density at radius 2 is 1.75 bits per heavy atom. The normalized spacial score (nSPS) is 17.0. The van der Waals surface area contributed by atoms with E-state index in [0.717, 1.165) is 4.90 Å². The van der Waals surface area contributed by atoms with Crippen molar-refractivity contribution in [2.45, 2.75) is 6.42 Å². The lowest BCUT2D eigenvalue weighted by atomic mass is 9.82. The summed E-state index contributed by atoms with van der Waals surface area (Å²) in [5, 5.41) is 0. The lowest BCUT2D eigenvalue weighted by molar-refractivity contribution is -0.145. The zero-order valence-electron chi connectivity index (χ0n) is 6.23. The molecule has 0 unspecified atom stereocenters. The van der Waals surface area contributed by atoms with Gasteiger partial charge < -0.3 is 0 Å². The fraction of sp³-hybridized carbons (Fsp3) is 0.429. The number of ketones is 2. The monoisotopic (exact) mass is 169 g/mol. The summed E-state index contributed by atoms with van der Waals surface area (Å²) >= 11 is 0. The molecule has 0 aromatic rings. The minimum absolute atomic E-state index is 0.0593. The molecule has 0 aliphatic heterocycles. The van der Waals surface area contributed by atoms with Crippen molar-refractivity contribution in [2.75, 3.05) is 6.54 Å². The molecule has 1 aliphatic rings. The largest absolute Gasteiger partial charge is 0.298 e. The van der Waals surface area contributed by atoms with Gasteiger partial charge in [0, 0.05) is 6.54 Å². The predicted molar refractivity (Wildman–Crippen MR) is 37.0 cm³/mol. The smallest absolute Gasteiger partial charge is 0.216 e. The molecule has 12 heavy (non-hydrogen) atoms. The average Bonchev–Trinajstić information content (AvgIpc) is 2.06. The molecule has 0 heterocycles. The lowest BCUT2D eigenvalue weighted by Crippen LogP contribution is -2.45. The molecule has 0 spiro atoms. The molecule has 64 valence electrons. The van der Waals surface area contributed by atoms with E-state index in [1.807, 2.05) is 0 Å². The van der Waals surface area contributed by atoms with Crippen molar-refractivity contribution in [1.29, 1.82) is 0 Å². The Balaban J connectivity index is 2.49. The Labute approximate surface area is 68.3 Å². The van der Waals surface area contributed by atoms with Gasteiger partial charge in [-0.3, -0.25) is 24.1 Å². The Bertz CT molecular complexity index is 226. The zero-order valence-corrected chi connectivity index (χ0v) is 6.23. The summed E-state index contributed by atoms with van der Waals surface area (Å²) in [5.74, 6) is -1.16. The summed E-state index contributed by atoms with van der Waals surface area (Å²) in [7, 11) is 0. The minimum atomic E-state index is -0.764. The first-order valence-corrected chi connectivity index (χ1v) is 3.40. The summed E-state index contributed by atoms with van der Waals surface area (Å²) in [6.07, 6.45) is 0.536. The van der Waals surface area contributed by atoms with Gasteiger partial charge in [0.15, 0.2) is 11.6 Å². The molecule has 0 aromatic carbocycles.